The van der Waals surface area contributed by atoms with Crippen molar-refractivity contribution in [2.45, 2.75) is 50.7 Å². The highest BCUT2D eigenvalue weighted by Gasteiger charge is 2.32. The molecule has 3 atom stereocenters. The monoisotopic (exact) mass is 340 g/mol. The normalized spacial score (nSPS) is 28.4. The van der Waals surface area contributed by atoms with E-state index in [4.69, 9.17) is 0 Å². The number of piperidine rings is 1. The minimum Gasteiger partial charge on any atom is -0.307 e. The molecule has 0 aromatic heterocycles. The fourth-order valence-electron chi connectivity index (χ4n) is 3.61. The molecule has 4 heteroatoms. The van der Waals surface area contributed by atoms with E-state index in [1.165, 1.54) is 44.8 Å². The van der Waals surface area contributed by atoms with Crippen LogP contribution in [0.25, 0.3) is 0 Å². The van der Waals surface area contributed by atoms with Crippen molar-refractivity contribution in [1.82, 2.24) is 10.2 Å². The van der Waals surface area contributed by atoms with Crippen molar-refractivity contribution < 1.29 is 4.39 Å². The fourth-order valence-corrected chi connectivity index (χ4v) is 4.00. The van der Waals surface area contributed by atoms with Crippen LogP contribution in [0, 0.1) is 5.82 Å². The average Bonchev–Trinajstić information content (AvgIpc) is 2.89. The maximum atomic E-state index is 13.3. The number of rotatable bonds is 3. The van der Waals surface area contributed by atoms with Gasteiger partial charge in [0.05, 0.1) is 4.47 Å². The second-order valence-electron chi connectivity index (χ2n) is 6.12. The summed E-state index contributed by atoms with van der Waals surface area (Å²) in [5.74, 6) is -0.194. The number of hydrogen-bond donors (Lipinski definition) is 1. The second-order valence-corrected chi connectivity index (χ2v) is 6.97. The van der Waals surface area contributed by atoms with Crippen LogP contribution in [-0.2, 0) is 0 Å². The average molecular weight is 341 g/mol. The molecule has 0 radical (unpaired) electrons. The highest BCUT2D eigenvalue weighted by molar-refractivity contribution is 9.10. The lowest BCUT2D eigenvalue weighted by molar-refractivity contribution is 0.162. The Balaban J connectivity index is 1.60. The van der Waals surface area contributed by atoms with Gasteiger partial charge in [-0.15, -0.1) is 0 Å². The Kier molecular flexibility index (Phi) is 4.43. The summed E-state index contributed by atoms with van der Waals surface area (Å²) in [6.45, 7) is 4.68. The molecule has 2 heterocycles. The zero-order valence-corrected chi connectivity index (χ0v) is 13.5. The van der Waals surface area contributed by atoms with Crippen molar-refractivity contribution >= 4 is 15.9 Å². The van der Waals surface area contributed by atoms with Gasteiger partial charge >= 0.3 is 0 Å². The summed E-state index contributed by atoms with van der Waals surface area (Å²) in [4.78, 5) is 2.64. The Morgan fingerprint density at radius 1 is 1.35 bits per heavy atom. The van der Waals surface area contributed by atoms with Crippen LogP contribution in [0.4, 0.5) is 4.39 Å². The van der Waals surface area contributed by atoms with Crippen molar-refractivity contribution in [3.63, 3.8) is 0 Å². The zero-order valence-electron chi connectivity index (χ0n) is 11.9. The molecule has 0 aliphatic carbocycles. The Morgan fingerprint density at radius 2 is 2.20 bits per heavy atom. The van der Waals surface area contributed by atoms with Gasteiger partial charge in [-0.05, 0) is 79.3 Å². The molecule has 2 fully saturated rings. The van der Waals surface area contributed by atoms with Crippen LogP contribution in [0.3, 0.4) is 0 Å². The number of fused-ring (bicyclic) bond motifs is 1. The van der Waals surface area contributed by atoms with Crippen molar-refractivity contribution in [1.29, 1.82) is 0 Å². The molecular formula is C16H22BrFN2. The number of nitrogens with one attached hydrogen (secondary N) is 1. The summed E-state index contributed by atoms with van der Waals surface area (Å²) >= 11 is 3.27. The molecule has 0 saturated carbocycles. The van der Waals surface area contributed by atoms with Gasteiger partial charge in [-0.25, -0.2) is 4.39 Å². The van der Waals surface area contributed by atoms with Gasteiger partial charge in [-0.1, -0.05) is 6.07 Å². The Hall–Kier alpha value is -0.450. The summed E-state index contributed by atoms with van der Waals surface area (Å²) in [6.07, 6.45) is 5.20. The number of halogens is 2. The van der Waals surface area contributed by atoms with Crippen molar-refractivity contribution in [2.24, 2.45) is 0 Å². The van der Waals surface area contributed by atoms with Gasteiger partial charge in [-0.3, -0.25) is 0 Å². The standard InChI is InChI=1S/C16H22BrFN2/c1-11(12-4-5-16(18)15(17)9-12)19-13-6-8-20-7-2-3-14(20)10-13/h4-5,9,11,13-14,19H,2-3,6-8,10H2,1H3. The fraction of sp³-hybridized carbons (Fsp3) is 0.625. The van der Waals surface area contributed by atoms with Gasteiger partial charge < -0.3 is 10.2 Å². The molecule has 2 aliphatic heterocycles. The number of nitrogens with zero attached hydrogens (tertiary/aromatic N) is 1. The summed E-state index contributed by atoms with van der Waals surface area (Å²) in [5.41, 5.74) is 1.15. The van der Waals surface area contributed by atoms with Gasteiger partial charge in [0.1, 0.15) is 5.82 Å². The Morgan fingerprint density at radius 3 is 3.00 bits per heavy atom. The lowest BCUT2D eigenvalue weighted by Crippen LogP contribution is -2.46. The minimum absolute atomic E-state index is 0.194. The minimum atomic E-state index is -0.194. The van der Waals surface area contributed by atoms with E-state index in [0.29, 0.717) is 10.5 Å². The zero-order chi connectivity index (χ0) is 14.1. The maximum Gasteiger partial charge on any atom is 0.137 e. The molecule has 0 bridgehead atoms. The molecule has 0 spiro atoms. The lowest BCUT2D eigenvalue weighted by Gasteiger charge is -2.36. The van der Waals surface area contributed by atoms with E-state index in [-0.39, 0.29) is 11.9 Å². The quantitative estimate of drug-likeness (QED) is 0.898. The van der Waals surface area contributed by atoms with E-state index >= 15 is 0 Å². The molecule has 2 nitrogen and oxygen atoms in total. The van der Waals surface area contributed by atoms with Crippen LogP contribution in [0.1, 0.15) is 44.2 Å². The van der Waals surface area contributed by atoms with E-state index < -0.39 is 0 Å². The largest absolute Gasteiger partial charge is 0.307 e. The molecule has 2 aliphatic rings. The van der Waals surface area contributed by atoms with Crippen LogP contribution in [0.2, 0.25) is 0 Å². The van der Waals surface area contributed by atoms with Crippen LogP contribution < -0.4 is 5.32 Å². The van der Waals surface area contributed by atoms with E-state index in [1.54, 1.807) is 0 Å². The first-order valence-electron chi connectivity index (χ1n) is 7.58. The lowest BCUT2D eigenvalue weighted by atomic mass is 9.96. The smallest absolute Gasteiger partial charge is 0.137 e. The summed E-state index contributed by atoms with van der Waals surface area (Å²) in [7, 11) is 0. The van der Waals surface area contributed by atoms with E-state index in [9.17, 15) is 4.39 Å². The molecule has 110 valence electrons. The third kappa shape index (κ3) is 3.07. The van der Waals surface area contributed by atoms with Crippen molar-refractivity contribution in [3.05, 3.63) is 34.1 Å². The first kappa shape index (κ1) is 14.5. The van der Waals surface area contributed by atoms with Gasteiger partial charge in [0.25, 0.3) is 0 Å². The molecule has 2 saturated heterocycles. The number of benzene rings is 1. The van der Waals surface area contributed by atoms with Gasteiger partial charge in [0.2, 0.25) is 0 Å². The van der Waals surface area contributed by atoms with Crippen LogP contribution in [0.15, 0.2) is 22.7 Å². The van der Waals surface area contributed by atoms with Gasteiger partial charge in [0, 0.05) is 18.1 Å². The summed E-state index contributed by atoms with van der Waals surface area (Å²) in [5, 5.41) is 3.72. The third-order valence-corrected chi connectivity index (χ3v) is 5.36. The van der Waals surface area contributed by atoms with E-state index in [0.717, 1.165) is 11.6 Å². The molecule has 20 heavy (non-hydrogen) atoms. The Labute approximate surface area is 128 Å². The molecule has 1 aromatic carbocycles. The molecular weight excluding hydrogens is 319 g/mol. The summed E-state index contributed by atoms with van der Waals surface area (Å²) in [6, 6.07) is 6.95. The number of hydrogen-bond acceptors (Lipinski definition) is 2. The van der Waals surface area contributed by atoms with Crippen LogP contribution >= 0.6 is 15.9 Å². The first-order chi connectivity index (χ1) is 9.63. The Bertz CT molecular complexity index is 480. The molecule has 3 unspecified atom stereocenters. The highest BCUT2D eigenvalue weighted by atomic mass is 79.9. The van der Waals surface area contributed by atoms with Crippen molar-refractivity contribution in [3.8, 4) is 0 Å². The third-order valence-electron chi connectivity index (χ3n) is 4.75. The van der Waals surface area contributed by atoms with Gasteiger partial charge in [-0.2, -0.15) is 0 Å². The van der Waals surface area contributed by atoms with Crippen molar-refractivity contribution in [2.75, 3.05) is 13.1 Å². The molecule has 3 rings (SSSR count). The van der Waals surface area contributed by atoms with Crippen LogP contribution in [-0.4, -0.2) is 30.1 Å². The predicted molar refractivity (Wildman–Crippen MR) is 83.3 cm³/mol. The topological polar surface area (TPSA) is 15.3 Å². The highest BCUT2D eigenvalue weighted by Crippen LogP contribution is 2.28. The predicted octanol–water partition coefficient (Wildman–Crippen LogP) is 3.87. The second kappa shape index (κ2) is 6.12. The van der Waals surface area contributed by atoms with E-state index in [2.05, 4.69) is 33.1 Å². The molecule has 0 amide bonds. The maximum absolute atomic E-state index is 13.3. The molecule has 1 N–H and O–H groups in total. The summed E-state index contributed by atoms with van der Waals surface area (Å²) < 4.78 is 13.8. The first-order valence-corrected chi connectivity index (χ1v) is 8.38. The van der Waals surface area contributed by atoms with E-state index in [1.807, 2.05) is 12.1 Å². The van der Waals surface area contributed by atoms with Crippen LogP contribution in [0.5, 0.6) is 0 Å². The SMILES string of the molecule is CC(NC1CCN2CCCC2C1)c1ccc(F)c(Br)c1. The molecule has 1 aromatic rings. The van der Waals surface area contributed by atoms with Gasteiger partial charge in [0.15, 0.2) is 0 Å².